The number of allylic oxidation sites excluding steroid dienone is 1. The molecule has 6 heteroatoms. The number of nitrogens with zero attached hydrogens (tertiary/aromatic N) is 1. The zero-order chi connectivity index (χ0) is 21.6. The van der Waals surface area contributed by atoms with E-state index in [1.54, 1.807) is 11.8 Å². The fourth-order valence-electron chi connectivity index (χ4n) is 3.91. The van der Waals surface area contributed by atoms with Crippen LogP contribution in [-0.2, 0) is 14.3 Å². The van der Waals surface area contributed by atoms with Gasteiger partial charge in [-0.25, -0.2) is 0 Å². The fraction of sp³-hybridized carbons (Fsp3) is 0.522. The summed E-state index contributed by atoms with van der Waals surface area (Å²) in [5.41, 5.74) is 3.59. The van der Waals surface area contributed by atoms with Crippen molar-refractivity contribution in [3.05, 3.63) is 45.9 Å². The van der Waals surface area contributed by atoms with Crippen molar-refractivity contribution < 1.29 is 14.3 Å². The minimum atomic E-state index is -0.808. The highest BCUT2D eigenvalue weighted by molar-refractivity contribution is 8.04. The predicted molar refractivity (Wildman–Crippen MR) is 118 cm³/mol. The van der Waals surface area contributed by atoms with Gasteiger partial charge in [0, 0.05) is 0 Å². The van der Waals surface area contributed by atoms with Gasteiger partial charge in [0.05, 0.1) is 22.9 Å². The number of carbonyl (C=O) groups is 2. The lowest BCUT2D eigenvalue weighted by Crippen LogP contribution is -2.50. The van der Waals surface area contributed by atoms with Gasteiger partial charge in [0.1, 0.15) is 11.6 Å². The molecule has 2 aliphatic heterocycles. The van der Waals surface area contributed by atoms with Gasteiger partial charge in [-0.1, -0.05) is 35.4 Å². The first-order valence-electron chi connectivity index (χ1n) is 9.94. The van der Waals surface area contributed by atoms with Crippen molar-refractivity contribution in [3.63, 3.8) is 0 Å². The standard InChI is InChI=1S/C23H30N2O3S/c1-13-8-10-16(11-9-13)20-19-14(2)15(3)29-23(19,7)25-21(27)17(24-20)12-18(26)28-22(4,5)6/h8-11,17,19H,12H2,1-7H3,(H,25,27)/t17-,19?,23?/m0/s1. The van der Waals surface area contributed by atoms with Gasteiger partial charge >= 0.3 is 5.97 Å². The number of amides is 1. The number of ether oxygens (including phenoxy) is 1. The maximum absolute atomic E-state index is 13.0. The van der Waals surface area contributed by atoms with E-state index in [1.165, 1.54) is 10.5 Å². The maximum atomic E-state index is 13.0. The topological polar surface area (TPSA) is 67.8 Å². The van der Waals surface area contributed by atoms with Crippen molar-refractivity contribution >= 4 is 29.4 Å². The summed E-state index contributed by atoms with van der Waals surface area (Å²) >= 11 is 1.66. The molecule has 0 saturated heterocycles. The molecular formula is C23H30N2O3S. The highest BCUT2D eigenvalue weighted by atomic mass is 32.2. The van der Waals surface area contributed by atoms with Gasteiger partial charge in [0.2, 0.25) is 5.91 Å². The number of fused-ring (bicyclic) bond motifs is 1. The number of hydrogen-bond acceptors (Lipinski definition) is 5. The largest absolute Gasteiger partial charge is 0.460 e. The zero-order valence-electron chi connectivity index (χ0n) is 18.3. The molecule has 1 N–H and O–H groups in total. The molecule has 2 aliphatic rings. The molecule has 1 aromatic rings. The lowest BCUT2D eigenvalue weighted by Gasteiger charge is -2.32. The van der Waals surface area contributed by atoms with Crippen LogP contribution in [0.15, 0.2) is 39.7 Å². The van der Waals surface area contributed by atoms with E-state index in [0.29, 0.717) is 0 Å². The van der Waals surface area contributed by atoms with Gasteiger partial charge in [-0.2, -0.15) is 0 Å². The molecule has 1 aromatic carbocycles. The van der Waals surface area contributed by atoms with E-state index in [2.05, 4.69) is 19.2 Å². The molecule has 156 valence electrons. The Morgan fingerprint density at radius 3 is 2.41 bits per heavy atom. The Bertz CT molecular complexity index is 896. The van der Waals surface area contributed by atoms with Crippen LogP contribution in [0.1, 0.15) is 59.1 Å². The number of aryl methyl sites for hydroxylation is 1. The third-order valence-electron chi connectivity index (χ3n) is 5.27. The normalized spacial score (nSPS) is 27.1. The Morgan fingerprint density at radius 2 is 1.83 bits per heavy atom. The van der Waals surface area contributed by atoms with Crippen molar-refractivity contribution in [2.75, 3.05) is 0 Å². The smallest absolute Gasteiger partial charge is 0.309 e. The average Bonchev–Trinajstić information content (AvgIpc) is 2.73. The Morgan fingerprint density at radius 1 is 1.21 bits per heavy atom. The number of benzene rings is 1. The van der Waals surface area contributed by atoms with Gasteiger partial charge < -0.3 is 10.1 Å². The van der Waals surface area contributed by atoms with E-state index in [4.69, 9.17) is 9.73 Å². The van der Waals surface area contributed by atoms with Crippen molar-refractivity contribution in [1.82, 2.24) is 5.32 Å². The van der Waals surface area contributed by atoms with Crippen LogP contribution in [-0.4, -0.2) is 34.1 Å². The number of esters is 1. The summed E-state index contributed by atoms with van der Waals surface area (Å²) in [6, 6.07) is 7.37. The van der Waals surface area contributed by atoms with Crippen molar-refractivity contribution in [3.8, 4) is 0 Å². The van der Waals surface area contributed by atoms with Crippen LogP contribution in [0.3, 0.4) is 0 Å². The van der Waals surface area contributed by atoms with E-state index >= 15 is 0 Å². The fourth-order valence-corrected chi connectivity index (χ4v) is 5.38. The van der Waals surface area contributed by atoms with Crippen LogP contribution < -0.4 is 5.32 Å². The summed E-state index contributed by atoms with van der Waals surface area (Å²) in [7, 11) is 0. The Hall–Kier alpha value is -2.08. The van der Waals surface area contributed by atoms with Gasteiger partial charge in [0.25, 0.3) is 0 Å². The van der Waals surface area contributed by atoms with E-state index in [1.807, 2.05) is 58.9 Å². The number of thioether (sulfide) groups is 1. The Balaban J connectivity index is 2.05. The molecule has 3 rings (SSSR count). The van der Waals surface area contributed by atoms with Gasteiger partial charge in [0.15, 0.2) is 0 Å². The molecule has 1 amide bonds. The molecule has 0 radical (unpaired) electrons. The first kappa shape index (κ1) is 21.6. The monoisotopic (exact) mass is 414 g/mol. The van der Waals surface area contributed by atoms with Crippen molar-refractivity contribution in [1.29, 1.82) is 0 Å². The lowest BCUT2D eigenvalue weighted by atomic mass is 9.84. The first-order chi connectivity index (χ1) is 13.4. The third-order valence-corrected chi connectivity index (χ3v) is 6.66. The van der Waals surface area contributed by atoms with E-state index in [-0.39, 0.29) is 18.2 Å². The van der Waals surface area contributed by atoms with Crippen LogP contribution in [0.4, 0.5) is 0 Å². The minimum absolute atomic E-state index is 0.0530. The van der Waals surface area contributed by atoms with Crippen LogP contribution in [0.25, 0.3) is 0 Å². The average molecular weight is 415 g/mol. The molecule has 0 aliphatic carbocycles. The summed E-state index contributed by atoms with van der Waals surface area (Å²) in [6.07, 6.45) is -0.0757. The third kappa shape index (κ3) is 4.58. The molecule has 0 fully saturated rings. The molecular weight excluding hydrogens is 384 g/mol. The Kier molecular flexibility index (Phi) is 5.69. The van der Waals surface area contributed by atoms with Crippen LogP contribution in [0, 0.1) is 12.8 Å². The molecule has 2 unspecified atom stereocenters. The quantitative estimate of drug-likeness (QED) is 0.745. The van der Waals surface area contributed by atoms with Gasteiger partial charge in [-0.15, -0.1) is 11.8 Å². The summed E-state index contributed by atoms with van der Waals surface area (Å²) in [5, 5.41) is 3.17. The number of carbonyl (C=O) groups excluding carboxylic acids is 2. The van der Waals surface area contributed by atoms with Crippen molar-refractivity contribution in [2.24, 2.45) is 10.9 Å². The van der Waals surface area contributed by atoms with Crippen LogP contribution in [0.5, 0.6) is 0 Å². The molecule has 5 nitrogen and oxygen atoms in total. The SMILES string of the molecule is CC1=C(C)C2C(c3ccc(C)cc3)=N[C@@H](CC(=O)OC(C)(C)C)C(=O)NC2(C)S1. The second-order valence-corrected chi connectivity index (χ2v) is 10.7. The van der Waals surface area contributed by atoms with Crippen LogP contribution >= 0.6 is 11.8 Å². The van der Waals surface area contributed by atoms with Gasteiger partial charge in [-0.3, -0.25) is 14.6 Å². The zero-order valence-corrected chi connectivity index (χ0v) is 19.1. The lowest BCUT2D eigenvalue weighted by molar-refractivity contribution is -0.156. The number of rotatable bonds is 3. The number of hydrogen-bond donors (Lipinski definition) is 1. The summed E-state index contributed by atoms with van der Waals surface area (Å²) in [4.78, 5) is 31.0. The Labute approximate surface area is 177 Å². The maximum Gasteiger partial charge on any atom is 0.309 e. The van der Waals surface area contributed by atoms with E-state index < -0.39 is 22.5 Å². The molecule has 2 heterocycles. The molecule has 3 atom stereocenters. The second kappa shape index (κ2) is 7.63. The van der Waals surface area contributed by atoms with Gasteiger partial charge in [-0.05, 0) is 58.9 Å². The molecule has 0 saturated carbocycles. The summed E-state index contributed by atoms with van der Waals surface area (Å²) in [5.74, 6) is -0.707. The number of nitrogens with one attached hydrogen (secondary N) is 1. The summed E-state index contributed by atoms with van der Waals surface area (Å²) < 4.78 is 5.44. The highest BCUT2D eigenvalue weighted by Crippen LogP contribution is 2.50. The highest BCUT2D eigenvalue weighted by Gasteiger charge is 2.49. The summed E-state index contributed by atoms with van der Waals surface area (Å²) in [6.45, 7) is 13.7. The van der Waals surface area contributed by atoms with E-state index in [9.17, 15) is 9.59 Å². The minimum Gasteiger partial charge on any atom is -0.460 e. The molecule has 0 spiro atoms. The first-order valence-corrected chi connectivity index (χ1v) is 10.8. The predicted octanol–water partition coefficient (Wildman–Crippen LogP) is 4.39. The molecule has 29 heavy (non-hydrogen) atoms. The van der Waals surface area contributed by atoms with Crippen LogP contribution in [0.2, 0.25) is 0 Å². The van der Waals surface area contributed by atoms with E-state index in [0.717, 1.165) is 16.8 Å². The molecule has 0 aromatic heterocycles. The van der Waals surface area contributed by atoms with Crippen molar-refractivity contribution in [2.45, 2.75) is 71.4 Å². The second-order valence-electron chi connectivity index (χ2n) is 9.06. The molecule has 0 bridgehead atoms. The number of aliphatic imine (C=N–C) groups is 1.